The molecular weight excluding hydrogens is 246 g/mol. The highest BCUT2D eigenvalue weighted by Crippen LogP contribution is 2.21. The van der Waals surface area contributed by atoms with Crippen LogP contribution in [-0.2, 0) is 29.1 Å². The Morgan fingerprint density at radius 3 is 2.78 bits per heavy atom. The van der Waals surface area contributed by atoms with Crippen molar-refractivity contribution in [3.63, 3.8) is 0 Å². The number of rotatable bonds is 5. The minimum Gasteiger partial charge on any atom is -0.350 e. The molecule has 1 aromatic heterocycles. The number of carbonyl (C=O) groups excluding carboxylic acids is 1. The maximum Gasteiger partial charge on any atom is 0.145 e. The molecule has 2 aromatic rings. The van der Waals surface area contributed by atoms with Gasteiger partial charge in [0.05, 0.1) is 5.75 Å². The van der Waals surface area contributed by atoms with Gasteiger partial charge in [0.25, 0.3) is 0 Å². The molecule has 0 saturated carbocycles. The predicted molar refractivity (Wildman–Crippen MR) is 75.2 cm³/mol. The highest BCUT2D eigenvalue weighted by molar-refractivity contribution is 7.85. The molecule has 0 spiro atoms. The van der Waals surface area contributed by atoms with E-state index in [4.69, 9.17) is 0 Å². The molecule has 96 valence electrons. The van der Waals surface area contributed by atoms with Gasteiger partial charge in [0, 0.05) is 47.6 Å². The fourth-order valence-electron chi connectivity index (χ4n) is 2.20. The molecule has 18 heavy (non-hydrogen) atoms. The number of aryl methyl sites for hydroxylation is 2. The summed E-state index contributed by atoms with van der Waals surface area (Å²) in [7, 11) is 0.978. The van der Waals surface area contributed by atoms with E-state index in [0.29, 0.717) is 6.42 Å². The first-order valence-corrected chi connectivity index (χ1v) is 7.65. The largest absolute Gasteiger partial charge is 0.350 e. The number of carbonyl (C=O) groups is 1. The fraction of sp³-hybridized carbons (Fsp3) is 0.357. The van der Waals surface area contributed by atoms with Crippen molar-refractivity contribution in [1.82, 2.24) is 4.57 Å². The molecular formula is C14H17NO2S. The van der Waals surface area contributed by atoms with Gasteiger partial charge in [-0.3, -0.25) is 9.00 Å². The van der Waals surface area contributed by atoms with E-state index in [2.05, 4.69) is 22.9 Å². The highest BCUT2D eigenvalue weighted by Gasteiger charge is 2.09. The van der Waals surface area contributed by atoms with E-state index in [1.807, 2.05) is 19.2 Å². The number of benzene rings is 1. The summed E-state index contributed by atoms with van der Waals surface area (Å²) >= 11 is 0. The quantitative estimate of drug-likeness (QED) is 0.828. The molecule has 0 aliphatic carbocycles. The average Bonchev–Trinajstić information content (AvgIpc) is 2.64. The number of hydrogen-bond donors (Lipinski definition) is 0. The van der Waals surface area contributed by atoms with E-state index >= 15 is 0 Å². The van der Waals surface area contributed by atoms with Gasteiger partial charge in [0.2, 0.25) is 0 Å². The van der Waals surface area contributed by atoms with Gasteiger partial charge in [0.15, 0.2) is 0 Å². The lowest BCUT2D eigenvalue weighted by Gasteiger charge is -1.98. The summed E-state index contributed by atoms with van der Waals surface area (Å²) < 4.78 is 13.0. The third-order valence-corrected chi connectivity index (χ3v) is 3.75. The Hall–Kier alpha value is -1.42. The Morgan fingerprint density at radius 1 is 1.33 bits per heavy atom. The van der Waals surface area contributed by atoms with Crippen LogP contribution in [0.3, 0.4) is 0 Å². The second-order valence-electron chi connectivity index (χ2n) is 4.54. The van der Waals surface area contributed by atoms with Crippen molar-refractivity contribution >= 4 is 27.5 Å². The molecule has 0 aliphatic rings. The van der Waals surface area contributed by atoms with Crippen molar-refractivity contribution in [3.05, 3.63) is 36.0 Å². The summed E-state index contributed by atoms with van der Waals surface area (Å²) in [5.41, 5.74) is 2.36. The van der Waals surface area contributed by atoms with Crippen LogP contribution in [0.2, 0.25) is 0 Å². The number of para-hydroxylation sites is 1. The first-order chi connectivity index (χ1) is 8.58. The lowest BCUT2D eigenvalue weighted by Crippen LogP contribution is -2.09. The van der Waals surface area contributed by atoms with Crippen LogP contribution in [-0.4, -0.2) is 26.6 Å². The molecule has 1 heterocycles. The van der Waals surface area contributed by atoms with E-state index in [1.165, 1.54) is 16.5 Å². The normalized spacial score (nSPS) is 12.8. The molecule has 0 saturated heterocycles. The number of ketones is 1. The highest BCUT2D eigenvalue weighted by atomic mass is 32.2. The van der Waals surface area contributed by atoms with Crippen molar-refractivity contribution in [2.75, 3.05) is 12.0 Å². The van der Waals surface area contributed by atoms with Gasteiger partial charge in [-0.1, -0.05) is 18.2 Å². The Morgan fingerprint density at radius 2 is 2.06 bits per heavy atom. The molecule has 0 bridgehead atoms. The molecule has 0 amide bonds. The fourth-order valence-corrected chi connectivity index (χ4v) is 2.80. The maximum absolute atomic E-state index is 11.6. The lowest BCUT2D eigenvalue weighted by atomic mass is 10.1. The Bertz CT molecular complexity index is 601. The zero-order valence-electron chi connectivity index (χ0n) is 10.7. The summed E-state index contributed by atoms with van der Waals surface area (Å²) in [5.74, 6) is 0.244. The van der Waals surface area contributed by atoms with Crippen LogP contribution in [0.1, 0.15) is 12.0 Å². The predicted octanol–water partition coefficient (Wildman–Crippen LogP) is 2.06. The van der Waals surface area contributed by atoms with Gasteiger partial charge in [0.1, 0.15) is 5.78 Å². The summed E-state index contributed by atoms with van der Waals surface area (Å²) in [6, 6.07) is 8.17. The minimum atomic E-state index is -1.03. The summed E-state index contributed by atoms with van der Waals surface area (Å²) in [6.45, 7) is 0. The lowest BCUT2D eigenvalue weighted by molar-refractivity contribution is -0.116. The smallest absolute Gasteiger partial charge is 0.145 e. The Kier molecular flexibility index (Phi) is 3.97. The van der Waals surface area contributed by atoms with E-state index in [1.54, 1.807) is 6.26 Å². The molecule has 3 nitrogen and oxygen atoms in total. The molecule has 0 radical (unpaired) electrons. The summed E-state index contributed by atoms with van der Waals surface area (Å²) in [6.07, 6.45) is 4.82. The van der Waals surface area contributed by atoms with Crippen molar-refractivity contribution in [2.45, 2.75) is 12.8 Å². The van der Waals surface area contributed by atoms with Gasteiger partial charge in [-0.15, -0.1) is 0 Å². The monoisotopic (exact) mass is 263 g/mol. The average molecular weight is 263 g/mol. The molecule has 2 rings (SSSR count). The second kappa shape index (κ2) is 5.48. The van der Waals surface area contributed by atoms with Gasteiger partial charge in [-0.05, 0) is 18.1 Å². The Labute approximate surface area is 109 Å². The third kappa shape index (κ3) is 2.88. The van der Waals surface area contributed by atoms with Crippen LogP contribution < -0.4 is 0 Å². The van der Waals surface area contributed by atoms with E-state index in [0.717, 1.165) is 6.42 Å². The zero-order chi connectivity index (χ0) is 13.1. The van der Waals surface area contributed by atoms with Gasteiger partial charge in [-0.25, -0.2) is 0 Å². The van der Waals surface area contributed by atoms with E-state index in [-0.39, 0.29) is 11.5 Å². The van der Waals surface area contributed by atoms with Crippen molar-refractivity contribution in [1.29, 1.82) is 0 Å². The second-order valence-corrected chi connectivity index (χ2v) is 5.97. The number of aromatic nitrogens is 1. The van der Waals surface area contributed by atoms with Crippen molar-refractivity contribution in [2.24, 2.45) is 7.05 Å². The van der Waals surface area contributed by atoms with Crippen molar-refractivity contribution < 1.29 is 9.00 Å². The Balaban J connectivity index is 2.13. The van der Waals surface area contributed by atoms with Crippen LogP contribution in [0.15, 0.2) is 30.5 Å². The first kappa shape index (κ1) is 13.0. The van der Waals surface area contributed by atoms with Crippen LogP contribution in [0, 0.1) is 0 Å². The number of nitrogens with zero attached hydrogens (tertiary/aromatic N) is 1. The molecule has 1 aromatic carbocycles. The number of Topliss-reactive ketones (excluding diaryl/α,β-unsaturated/α-hetero) is 1. The summed E-state index contributed by atoms with van der Waals surface area (Å²) in [4.78, 5) is 11.6. The molecule has 0 aliphatic heterocycles. The minimum absolute atomic E-state index is 0.0729. The van der Waals surface area contributed by atoms with E-state index < -0.39 is 10.8 Å². The van der Waals surface area contributed by atoms with Gasteiger partial charge < -0.3 is 4.57 Å². The molecule has 1 atom stereocenters. The maximum atomic E-state index is 11.6. The molecule has 0 fully saturated rings. The van der Waals surface area contributed by atoms with Crippen LogP contribution in [0.5, 0.6) is 0 Å². The SMILES string of the molecule is Cn1cc(CCC(=O)CS(C)=O)c2ccccc21. The molecule has 4 heteroatoms. The topological polar surface area (TPSA) is 39.1 Å². The molecule has 1 unspecified atom stereocenters. The molecule has 0 N–H and O–H groups in total. The summed E-state index contributed by atoms with van der Waals surface area (Å²) in [5, 5.41) is 1.20. The van der Waals surface area contributed by atoms with Gasteiger partial charge in [-0.2, -0.15) is 0 Å². The van der Waals surface area contributed by atoms with Crippen LogP contribution >= 0.6 is 0 Å². The van der Waals surface area contributed by atoms with Crippen LogP contribution in [0.25, 0.3) is 10.9 Å². The number of hydrogen-bond acceptors (Lipinski definition) is 2. The van der Waals surface area contributed by atoms with Crippen molar-refractivity contribution in [3.8, 4) is 0 Å². The third-order valence-electron chi connectivity index (χ3n) is 3.02. The van der Waals surface area contributed by atoms with E-state index in [9.17, 15) is 9.00 Å². The zero-order valence-corrected chi connectivity index (χ0v) is 11.5. The van der Waals surface area contributed by atoms with Crippen LogP contribution in [0.4, 0.5) is 0 Å². The number of fused-ring (bicyclic) bond motifs is 1. The first-order valence-electron chi connectivity index (χ1n) is 5.92. The van der Waals surface area contributed by atoms with Gasteiger partial charge >= 0.3 is 0 Å². The standard InChI is InChI=1S/C14H17NO2S/c1-15-9-11(7-8-12(16)10-18(2)17)13-5-3-4-6-14(13)15/h3-6,9H,7-8,10H2,1-2H3.